The number of halogens is 2. The van der Waals surface area contributed by atoms with Crippen molar-refractivity contribution in [3.05, 3.63) is 64.6 Å². The van der Waals surface area contributed by atoms with Crippen LogP contribution in [0.2, 0.25) is 5.02 Å². The highest BCUT2D eigenvalue weighted by Gasteiger charge is 2.52. The minimum absolute atomic E-state index is 0.00753. The molecule has 1 aliphatic heterocycles. The SMILES string of the molecule is CC(=O)N(C)C(OC1CCC(C(=O)O)CC1)(C(=O)Cc1cc(Cl)c(NC(=O)c2cn(C)c3ccccc23)cc1F)N1CCCC1. The number of carbonyl (C=O) groups excluding carboxylic acids is 3. The number of likely N-dealkylation sites (tertiary alicyclic amines) is 1. The first kappa shape index (κ1) is 32.6. The molecule has 1 aliphatic carbocycles. The van der Waals surface area contributed by atoms with Gasteiger partial charge in [0.05, 0.1) is 28.3 Å². The number of ketones is 1. The lowest BCUT2D eigenvalue weighted by atomic mass is 9.87. The standard InChI is InChI=1S/C33H38ClFN4O6/c1-20(40)38(3)33(39-14-6-7-15-39,45-23-12-10-21(11-13-23)32(43)44)30(41)17-22-16-26(34)28(18-27(22)35)36-31(42)25-19-37(2)29-9-5-4-8-24(25)29/h4-5,8-9,16,18-19,21,23H,6-7,10-15,17H2,1-3H3,(H,36,42)(H,43,44). The van der Waals surface area contributed by atoms with Crippen LogP contribution in [0.15, 0.2) is 42.6 Å². The molecular formula is C33H38ClFN4O6. The third kappa shape index (κ3) is 6.47. The number of Topliss-reactive ketones (excluding diaryl/α,β-unsaturated/α-hetero) is 1. The number of hydrogen-bond donors (Lipinski definition) is 2. The maximum absolute atomic E-state index is 15.6. The number of para-hydroxylation sites is 1. The zero-order valence-electron chi connectivity index (χ0n) is 25.6. The smallest absolute Gasteiger partial charge is 0.306 e. The third-order valence-corrected chi connectivity index (χ3v) is 9.37. The molecule has 3 aromatic rings. The summed E-state index contributed by atoms with van der Waals surface area (Å²) in [7, 11) is 3.32. The maximum Gasteiger partial charge on any atom is 0.306 e. The Bertz CT molecular complexity index is 1630. The Hall–Kier alpha value is -3.80. The third-order valence-electron chi connectivity index (χ3n) is 9.06. The summed E-state index contributed by atoms with van der Waals surface area (Å²) in [5.74, 6) is -5.29. The molecule has 240 valence electrons. The summed E-state index contributed by atoms with van der Waals surface area (Å²) >= 11 is 6.54. The van der Waals surface area contributed by atoms with Gasteiger partial charge in [0, 0.05) is 57.6 Å². The summed E-state index contributed by atoms with van der Waals surface area (Å²) in [5.41, 5.74) is 1.32. The number of anilines is 1. The average Bonchev–Trinajstić information content (AvgIpc) is 3.67. The summed E-state index contributed by atoms with van der Waals surface area (Å²) in [6, 6.07) is 9.82. The van der Waals surface area contributed by atoms with Gasteiger partial charge < -0.3 is 19.7 Å². The summed E-state index contributed by atoms with van der Waals surface area (Å²) in [6.07, 6.45) is 3.99. The van der Waals surface area contributed by atoms with E-state index in [1.165, 1.54) is 24.9 Å². The fraction of sp³-hybridized carbons (Fsp3) is 0.455. The molecule has 10 nitrogen and oxygen atoms in total. The number of nitrogens with one attached hydrogen (secondary N) is 1. The lowest BCUT2D eigenvalue weighted by Gasteiger charge is -2.48. The molecule has 2 N–H and O–H groups in total. The van der Waals surface area contributed by atoms with Crippen molar-refractivity contribution in [1.29, 1.82) is 0 Å². The van der Waals surface area contributed by atoms with Crippen molar-refractivity contribution in [1.82, 2.24) is 14.4 Å². The number of aromatic nitrogens is 1. The number of hydrogen-bond acceptors (Lipinski definition) is 6. The van der Waals surface area contributed by atoms with E-state index in [0.29, 0.717) is 44.3 Å². The molecule has 12 heteroatoms. The van der Waals surface area contributed by atoms with Crippen LogP contribution in [-0.4, -0.2) is 75.1 Å². The predicted molar refractivity (Wildman–Crippen MR) is 167 cm³/mol. The molecule has 2 aliphatic rings. The van der Waals surface area contributed by atoms with Gasteiger partial charge in [-0.3, -0.25) is 29.0 Å². The van der Waals surface area contributed by atoms with E-state index in [9.17, 15) is 24.3 Å². The molecule has 1 unspecified atom stereocenters. The van der Waals surface area contributed by atoms with Crippen LogP contribution in [0.25, 0.3) is 10.9 Å². The molecule has 1 atom stereocenters. The highest BCUT2D eigenvalue weighted by Crippen LogP contribution is 2.36. The Labute approximate surface area is 266 Å². The van der Waals surface area contributed by atoms with Crippen molar-refractivity contribution in [2.75, 3.05) is 25.5 Å². The number of aryl methyl sites for hydroxylation is 1. The van der Waals surface area contributed by atoms with Crippen LogP contribution >= 0.6 is 11.6 Å². The van der Waals surface area contributed by atoms with Crippen LogP contribution in [0, 0.1) is 11.7 Å². The van der Waals surface area contributed by atoms with Crippen LogP contribution in [0.3, 0.4) is 0 Å². The van der Waals surface area contributed by atoms with Crippen molar-refractivity contribution in [2.45, 2.75) is 63.8 Å². The van der Waals surface area contributed by atoms with Gasteiger partial charge in [-0.05, 0) is 62.3 Å². The van der Waals surface area contributed by atoms with Crippen LogP contribution in [-0.2, 0) is 32.6 Å². The molecular weight excluding hydrogens is 603 g/mol. The van der Waals surface area contributed by atoms with Crippen LogP contribution in [0.1, 0.15) is 61.4 Å². The number of carboxylic acids is 1. The molecule has 5 rings (SSSR count). The van der Waals surface area contributed by atoms with Crippen LogP contribution in [0.5, 0.6) is 0 Å². The van der Waals surface area contributed by atoms with Gasteiger partial charge >= 0.3 is 5.97 Å². The molecule has 2 fully saturated rings. The molecule has 1 saturated carbocycles. The van der Waals surface area contributed by atoms with Gasteiger partial charge in [0.1, 0.15) is 5.82 Å². The summed E-state index contributed by atoms with van der Waals surface area (Å²) in [4.78, 5) is 54.9. The average molecular weight is 641 g/mol. The van der Waals surface area contributed by atoms with E-state index in [-0.39, 0.29) is 16.3 Å². The molecule has 1 saturated heterocycles. The molecule has 0 radical (unpaired) electrons. The van der Waals surface area contributed by atoms with Crippen molar-refractivity contribution in [3.8, 4) is 0 Å². The fourth-order valence-corrected chi connectivity index (χ4v) is 6.74. The number of nitrogens with zero attached hydrogens (tertiary/aromatic N) is 3. The van der Waals surface area contributed by atoms with Gasteiger partial charge in [0.15, 0.2) is 0 Å². The van der Waals surface area contributed by atoms with Gasteiger partial charge in [0.25, 0.3) is 11.8 Å². The van der Waals surface area contributed by atoms with Crippen LogP contribution < -0.4 is 5.32 Å². The zero-order chi connectivity index (χ0) is 32.5. The Morgan fingerprint density at radius 1 is 1.11 bits per heavy atom. The quantitative estimate of drug-likeness (QED) is 0.291. The second-order valence-electron chi connectivity index (χ2n) is 12.0. The second-order valence-corrected chi connectivity index (χ2v) is 12.4. The largest absolute Gasteiger partial charge is 0.481 e. The summed E-state index contributed by atoms with van der Waals surface area (Å²) < 4.78 is 24.0. The molecule has 0 bridgehead atoms. The second kappa shape index (κ2) is 13.3. The summed E-state index contributed by atoms with van der Waals surface area (Å²) in [6.45, 7) is 2.33. The number of aliphatic carboxylic acids is 1. The van der Waals surface area contributed by atoms with Gasteiger partial charge in [-0.2, -0.15) is 0 Å². The van der Waals surface area contributed by atoms with Crippen molar-refractivity contribution >= 4 is 51.8 Å². The maximum atomic E-state index is 15.6. The monoisotopic (exact) mass is 640 g/mol. The van der Waals surface area contributed by atoms with E-state index in [0.717, 1.165) is 29.8 Å². The van der Waals surface area contributed by atoms with Crippen molar-refractivity contribution in [3.63, 3.8) is 0 Å². The van der Waals surface area contributed by atoms with Gasteiger partial charge in [-0.25, -0.2) is 4.39 Å². The molecule has 2 heterocycles. The molecule has 2 amide bonds. The lowest BCUT2D eigenvalue weighted by Crippen LogP contribution is -2.68. The van der Waals surface area contributed by atoms with Crippen molar-refractivity contribution < 1.29 is 33.4 Å². The van der Waals surface area contributed by atoms with Gasteiger partial charge in [-0.15, -0.1) is 0 Å². The zero-order valence-corrected chi connectivity index (χ0v) is 26.4. The Morgan fingerprint density at radius 2 is 1.78 bits per heavy atom. The van der Waals surface area contributed by atoms with E-state index in [2.05, 4.69) is 5.32 Å². The van der Waals surface area contributed by atoms with Crippen molar-refractivity contribution in [2.24, 2.45) is 13.0 Å². The van der Waals surface area contributed by atoms with E-state index in [4.69, 9.17) is 16.3 Å². The highest BCUT2D eigenvalue weighted by molar-refractivity contribution is 6.34. The minimum Gasteiger partial charge on any atom is -0.481 e. The number of fused-ring (bicyclic) bond motifs is 1. The normalized spacial score (nSPS) is 20.1. The van der Waals surface area contributed by atoms with Gasteiger partial charge in [0.2, 0.25) is 11.7 Å². The minimum atomic E-state index is -1.80. The lowest BCUT2D eigenvalue weighted by molar-refractivity contribution is -0.247. The van der Waals surface area contributed by atoms with E-state index < -0.39 is 53.7 Å². The molecule has 1 aromatic heterocycles. The van der Waals surface area contributed by atoms with Gasteiger partial charge in [-0.1, -0.05) is 29.8 Å². The van der Waals surface area contributed by atoms with E-state index >= 15 is 4.39 Å². The molecule has 2 aromatic carbocycles. The molecule has 0 spiro atoms. The first-order valence-electron chi connectivity index (χ1n) is 15.2. The first-order chi connectivity index (χ1) is 21.4. The number of amides is 2. The number of likely N-dealkylation sites (N-methyl/N-ethyl adjacent to an activating group) is 1. The van der Waals surface area contributed by atoms with E-state index in [1.807, 2.05) is 40.8 Å². The number of rotatable bonds is 10. The van der Waals surface area contributed by atoms with Crippen LogP contribution in [0.4, 0.5) is 10.1 Å². The Kier molecular flexibility index (Phi) is 9.62. The number of ether oxygens (including phenoxy) is 1. The summed E-state index contributed by atoms with van der Waals surface area (Å²) in [5, 5.41) is 12.9. The topological polar surface area (TPSA) is 121 Å². The van der Waals surface area contributed by atoms with E-state index in [1.54, 1.807) is 6.20 Å². The Balaban J connectivity index is 1.41. The Morgan fingerprint density at radius 3 is 2.42 bits per heavy atom. The highest BCUT2D eigenvalue weighted by atomic mass is 35.5. The fourth-order valence-electron chi connectivity index (χ4n) is 6.51. The number of carboxylic acid groups (broad SMARTS) is 1. The molecule has 45 heavy (non-hydrogen) atoms. The number of benzene rings is 2. The predicted octanol–water partition coefficient (Wildman–Crippen LogP) is 5.22. The first-order valence-corrected chi connectivity index (χ1v) is 15.6. The number of carbonyl (C=O) groups is 4.